The van der Waals surface area contributed by atoms with E-state index in [-0.39, 0.29) is 5.91 Å². The molecular formula is C12H24N2O2. The van der Waals surface area contributed by atoms with E-state index in [4.69, 9.17) is 4.74 Å². The first-order valence-corrected chi connectivity index (χ1v) is 6.38. The van der Waals surface area contributed by atoms with Crippen LogP contribution in [0, 0.1) is 5.92 Å². The first-order valence-electron chi connectivity index (χ1n) is 6.38. The number of hydrogen-bond donors (Lipinski definition) is 2. The predicted molar refractivity (Wildman–Crippen MR) is 64.3 cm³/mol. The van der Waals surface area contributed by atoms with Gasteiger partial charge in [0.1, 0.15) is 0 Å². The lowest BCUT2D eigenvalue weighted by atomic mass is 10.0. The highest BCUT2D eigenvalue weighted by atomic mass is 16.5. The zero-order chi connectivity index (χ0) is 11.6. The summed E-state index contributed by atoms with van der Waals surface area (Å²) in [5.74, 6) is 0.883. The first-order chi connectivity index (χ1) is 7.83. The minimum absolute atomic E-state index is 0.154. The maximum Gasteiger partial charge on any atom is 0.221 e. The van der Waals surface area contributed by atoms with Gasteiger partial charge >= 0.3 is 0 Å². The van der Waals surface area contributed by atoms with Crippen molar-refractivity contribution in [3.05, 3.63) is 0 Å². The van der Waals surface area contributed by atoms with Crippen molar-refractivity contribution in [3.8, 4) is 0 Å². The van der Waals surface area contributed by atoms with E-state index in [9.17, 15) is 4.79 Å². The molecule has 1 aliphatic heterocycles. The quantitative estimate of drug-likeness (QED) is 0.637. The Hall–Kier alpha value is -0.610. The number of ether oxygens (including phenoxy) is 1. The second kappa shape index (κ2) is 8.53. The summed E-state index contributed by atoms with van der Waals surface area (Å²) in [6.07, 6.45) is 3.88. The molecule has 0 aromatic heterocycles. The van der Waals surface area contributed by atoms with E-state index >= 15 is 0 Å². The molecule has 1 aliphatic rings. The Kier molecular flexibility index (Phi) is 7.17. The molecule has 94 valence electrons. The maximum atomic E-state index is 11.3. The fraction of sp³-hybridized carbons (Fsp3) is 0.917. The minimum Gasteiger partial charge on any atom is -0.381 e. The Morgan fingerprint density at radius 1 is 1.31 bits per heavy atom. The lowest BCUT2D eigenvalue weighted by Crippen LogP contribution is -2.32. The molecule has 1 rings (SSSR count). The molecule has 0 atom stereocenters. The number of hydrogen-bond acceptors (Lipinski definition) is 3. The molecule has 1 saturated heterocycles. The largest absolute Gasteiger partial charge is 0.381 e. The van der Waals surface area contributed by atoms with Crippen molar-refractivity contribution >= 4 is 5.91 Å². The van der Waals surface area contributed by atoms with Gasteiger partial charge in [0.05, 0.1) is 0 Å². The number of rotatable bonds is 7. The zero-order valence-electron chi connectivity index (χ0n) is 10.3. The van der Waals surface area contributed by atoms with Gasteiger partial charge in [0, 0.05) is 32.7 Å². The number of carbonyl (C=O) groups excluding carboxylic acids is 1. The Labute approximate surface area is 98.1 Å². The molecular weight excluding hydrogens is 204 g/mol. The summed E-state index contributed by atoms with van der Waals surface area (Å²) >= 11 is 0. The van der Waals surface area contributed by atoms with Gasteiger partial charge in [-0.1, -0.05) is 6.92 Å². The van der Waals surface area contributed by atoms with E-state index in [2.05, 4.69) is 17.6 Å². The van der Waals surface area contributed by atoms with Crippen LogP contribution in [0.15, 0.2) is 0 Å². The molecule has 4 heteroatoms. The molecule has 0 saturated carbocycles. The second-order valence-corrected chi connectivity index (χ2v) is 4.36. The number of carbonyl (C=O) groups is 1. The van der Waals surface area contributed by atoms with Crippen molar-refractivity contribution in [2.75, 3.05) is 32.8 Å². The average molecular weight is 228 g/mol. The molecule has 0 radical (unpaired) electrons. The van der Waals surface area contributed by atoms with Crippen molar-refractivity contribution in [1.29, 1.82) is 0 Å². The lowest BCUT2D eigenvalue weighted by Gasteiger charge is -2.22. The van der Waals surface area contributed by atoms with E-state index in [0.717, 1.165) is 58.0 Å². The molecule has 0 unspecified atom stereocenters. The van der Waals surface area contributed by atoms with Crippen LogP contribution < -0.4 is 10.6 Å². The van der Waals surface area contributed by atoms with Crippen molar-refractivity contribution in [2.45, 2.75) is 32.6 Å². The van der Waals surface area contributed by atoms with Crippen molar-refractivity contribution in [3.63, 3.8) is 0 Å². The highest BCUT2D eigenvalue weighted by molar-refractivity contribution is 5.75. The lowest BCUT2D eigenvalue weighted by molar-refractivity contribution is -0.121. The summed E-state index contributed by atoms with van der Waals surface area (Å²) in [7, 11) is 0. The van der Waals surface area contributed by atoms with Gasteiger partial charge in [0.25, 0.3) is 0 Å². The normalized spacial score (nSPS) is 17.3. The van der Waals surface area contributed by atoms with Gasteiger partial charge in [-0.15, -0.1) is 0 Å². The summed E-state index contributed by atoms with van der Waals surface area (Å²) in [6.45, 7) is 6.44. The third-order valence-electron chi connectivity index (χ3n) is 2.87. The molecule has 0 aliphatic carbocycles. The molecule has 1 amide bonds. The maximum absolute atomic E-state index is 11.3. The van der Waals surface area contributed by atoms with Crippen molar-refractivity contribution < 1.29 is 9.53 Å². The molecule has 1 heterocycles. The van der Waals surface area contributed by atoms with Crippen LogP contribution in [0.1, 0.15) is 32.6 Å². The Balaban J connectivity index is 1.92. The van der Waals surface area contributed by atoms with E-state index in [1.54, 1.807) is 0 Å². The Bertz CT molecular complexity index is 191. The molecule has 0 spiro atoms. The summed E-state index contributed by atoms with van der Waals surface area (Å²) < 4.78 is 5.30. The average Bonchev–Trinajstić information content (AvgIpc) is 2.33. The highest BCUT2D eigenvalue weighted by Gasteiger charge is 2.12. The molecule has 16 heavy (non-hydrogen) atoms. The van der Waals surface area contributed by atoms with Crippen molar-refractivity contribution in [2.24, 2.45) is 5.92 Å². The fourth-order valence-corrected chi connectivity index (χ4v) is 1.81. The smallest absolute Gasteiger partial charge is 0.221 e. The van der Waals surface area contributed by atoms with E-state index in [1.165, 1.54) is 0 Å². The summed E-state index contributed by atoms with van der Waals surface area (Å²) in [6, 6.07) is 0. The summed E-state index contributed by atoms with van der Waals surface area (Å²) in [5, 5.41) is 6.22. The van der Waals surface area contributed by atoms with Gasteiger partial charge in [-0.25, -0.2) is 0 Å². The number of nitrogens with one attached hydrogen (secondary N) is 2. The van der Waals surface area contributed by atoms with Gasteiger partial charge in [0.15, 0.2) is 0 Å². The fourth-order valence-electron chi connectivity index (χ4n) is 1.81. The summed E-state index contributed by atoms with van der Waals surface area (Å²) in [4.78, 5) is 11.3. The predicted octanol–water partition coefficient (Wildman–Crippen LogP) is 0.919. The standard InChI is InChI=1S/C12H24N2O2/c1-2-6-14-12(15)3-7-13-10-11-4-8-16-9-5-11/h11,13H,2-10H2,1H3,(H,14,15). The van der Waals surface area contributed by atoms with Crippen LogP contribution in [0.3, 0.4) is 0 Å². The van der Waals surface area contributed by atoms with Crippen LogP contribution in [0.2, 0.25) is 0 Å². The molecule has 2 N–H and O–H groups in total. The van der Waals surface area contributed by atoms with Gasteiger partial charge in [-0.3, -0.25) is 4.79 Å². The topological polar surface area (TPSA) is 50.4 Å². The van der Waals surface area contributed by atoms with Gasteiger partial charge in [-0.05, 0) is 31.7 Å². The monoisotopic (exact) mass is 228 g/mol. The summed E-state index contributed by atoms with van der Waals surface area (Å²) in [5.41, 5.74) is 0. The molecule has 4 nitrogen and oxygen atoms in total. The molecule has 1 fully saturated rings. The zero-order valence-corrected chi connectivity index (χ0v) is 10.3. The highest BCUT2D eigenvalue weighted by Crippen LogP contribution is 2.12. The third-order valence-corrected chi connectivity index (χ3v) is 2.87. The molecule has 0 bridgehead atoms. The van der Waals surface area contributed by atoms with Crippen LogP contribution in [-0.2, 0) is 9.53 Å². The van der Waals surface area contributed by atoms with Crippen molar-refractivity contribution in [1.82, 2.24) is 10.6 Å². The van der Waals surface area contributed by atoms with Crippen LogP contribution >= 0.6 is 0 Å². The molecule has 0 aromatic carbocycles. The van der Waals surface area contributed by atoms with Gasteiger partial charge in [0.2, 0.25) is 5.91 Å². The van der Waals surface area contributed by atoms with Crippen LogP contribution in [0.4, 0.5) is 0 Å². The SMILES string of the molecule is CCCNC(=O)CCNCC1CCOCC1. The Morgan fingerprint density at radius 2 is 2.06 bits per heavy atom. The van der Waals surface area contributed by atoms with Crippen LogP contribution in [-0.4, -0.2) is 38.8 Å². The van der Waals surface area contributed by atoms with Gasteiger partial charge < -0.3 is 15.4 Å². The van der Waals surface area contributed by atoms with Crippen LogP contribution in [0.5, 0.6) is 0 Å². The molecule has 0 aromatic rings. The second-order valence-electron chi connectivity index (χ2n) is 4.36. The Morgan fingerprint density at radius 3 is 2.75 bits per heavy atom. The number of amides is 1. The van der Waals surface area contributed by atoms with Crippen LogP contribution in [0.25, 0.3) is 0 Å². The first kappa shape index (κ1) is 13.5. The van der Waals surface area contributed by atoms with E-state index in [1.807, 2.05) is 0 Å². The van der Waals surface area contributed by atoms with E-state index in [0.29, 0.717) is 6.42 Å². The minimum atomic E-state index is 0.154. The third kappa shape index (κ3) is 6.08. The van der Waals surface area contributed by atoms with E-state index < -0.39 is 0 Å². The van der Waals surface area contributed by atoms with Gasteiger partial charge in [-0.2, -0.15) is 0 Å².